The quantitative estimate of drug-likeness (QED) is 0.515. The van der Waals surface area contributed by atoms with Gasteiger partial charge in [0.05, 0.1) is 12.1 Å². The Morgan fingerprint density at radius 2 is 2.00 bits per heavy atom. The topological polar surface area (TPSA) is 89.7 Å². The molecule has 0 saturated carbocycles. The second-order valence-electron chi connectivity index (χ2n) is 3.44. The Labute approximate surface area is 101 Å². The van der Waals surface area contributed by atoms with E-state index in [0.29, 0.717) is 0 Å². The van der Waals surface area contributed by atoms with E-state index in [-0.39, 0.29) is 17.6 Å². The zero-order chi connectivity index (χ0) is 12.9. The van der Waals surface area contributed by atoms with Crippen LogP contribution >= 0.6 is 12.2 Å². The van der Waals surface area contributed by atoms with Crippen LogP contribution in [0.15, 0.2) is 0 Å². The molecule has 0 aliphatic heterocycles. The summed E-state index contributed by atoms with van der Waals surface area (Å²) >= 11 is 4.55. The van der Waals surface area contributed by atoms with Crippen molar-refractivity contribution in [1.82, 2.24) is 4.31 Å². The van der Waals surface area contributed by atoms with Crippen molar-refractivity contribution in [2.75, 3.05) is 19.4 Å². The van der Waals surface area contributed by atoms with Gasteiger partial charge in [0.2, 0.25) is 10.0 Å². The number of rotatable bonds is 6. The first kappa shape index (κ1) is 15.3. The van der Waals surface area contributed by atoms with Crippen molar-refractivity contribution < 1.29 is 17.9 Å². The highest BCUT2D eigenvalue weighted by Gasteiger charge is 2.28. The lowest BCUT2D eigenvalue weighted by molar-refractivity contribution is -0.141. The molecule has 0 amide bonds. The van der Waals surface area contributed by atoms with Gasteiger partial charge in [-0.25, -0.2) is 8.42 Å². The average molecular weight is 268 g/mol. The average Bonchev–Trinajstić information content (AvgIpc) is 2.10. The summed E-state index contributed by atoms with van der Waals surface area (Å²) in [5.74, 6) is -1.07. The summed E-state index contributed by atoms with van der Waals surface area (Å²) in [5, 5.41) is 0. The van der Waals surface area contributed by atoms with E-state index in [0.717, 1.165) is 4.31 Å². The molecule has 0 bridgehead atoms. The Bertz CT molecular complexity index is 364. The predicted molar refractivity (Wildman–Crippen MR) is 64.4 cm³/mol. The van der Waals surface area contributed by atoms with Crippen LogP contribution in [0.2, 0.25) is 0 Å². The maximum Gasteiger partial charge on any atom is 0.321 e. The first-order chi connectivity index (χ1) is 7.20. The third-order valence-corrected chi connectivity index (χ3v) is 4.04. The Morgan fingerprint density at radius 1 is 1.50 bits per heavy atom. The number of hydrogen-bond donors (Lipinski definition) is 1. The molecule has 0 fully saturated rings. The minimum Gasteiger partial charge on any atom is -0.468 e. The van der Waals surface area contributed by atoms with Crippen molar-refractivity contribution in [3.05, 3.63) is 0 Å². The Hall–Kier alpha value is -0.730. The Kier molecular flexibility index (Phi) is 5.84. The van der Waals surface area contributed by atoms with Crippen molar-refractivity contribution in [2.24, 2.45) is 5.73 Å². The van der Waals surface area contributed by atoms with Gasteiger partial charge >= 0.3 is 5.97 Å². The molecule has 0 aromatic carbocycles. The molecule has 8 heteroatoms. The maximum atomic E-state index is 11.8. The van der Waals surface area contributed by atoms with E-state index in [9.17, 15) is 13.2 Å². The highest BCUT2D eigenvalue weighted by molar-refractivity contribution is 7.92. The number of nitrogens with two attached hydrogens (primary N) is 1. The fourth-order valence-corrected chi connectivity index (χ4v) is 2.97. The number of esters is 1. The minimum absolute atomic E-state index is 0.129. The summed E-state index contributed by atoms with van der Waals surface area (Å²) in [6, 6.07) is -0.363. The van der Waals surface area contributed by atoms with Gasteiger partial charge < -0.3 is 10.5 Å². The van der Waals surface area contributed by atoms with E-state index in [4.69, 9.17) is 5.73 Å². The van der Waals surface area contributed by atoms with Crippen molar-refractivity contribution >= 4 is 33.2 Å². The van der Waals surface area contributed by atoms with E-state index in [1.165, 1.54) is 7.11 Å². The van der Waals surface area contributed by atoms with E-state index in [2.05, 4.69) is 17.0 Å². The summed E-state index contributed by atoms with van der Waals surface area (Å²) in [6.07, 6.45) is 0. The summed E-state index contributed by atoms with van der Waals surface area (Å²) in [7, 11) is -2.46. The summed E-state index contributed by atoms with van der Waals surface area (Å²) in [6.45, 7) is 2.97. The van der Waals surface area contributed by atoms with Crippen LogP contribution in [0.4, 0.5) is 0 Å². The first-order valence-corrected chi connectivity index (χ1v) is 6.57. The van der Waals surface area contributed by atoms with E-state index in [1.54, 1.807) is 13.8 Å². The van der Waals surface area contributed by atoms with Crippen LogP contribution in [0.1, 0.15) is 13.8 Å². The van der Waals surface area contributed by atoms with Crippen LogP contribution in [-0.2, 0) is 19.6 Å². The molecule has 0 aromatic heterocycles. The van der Waals surface area contributed by atoms with Gasteiger partial charge in [0.1, 0.15) is 12.3 Å². The molecule has 0 unspecified atom stereocenters. The molecule has 0 rings (SSSR count). The van der Waals surface area contributed by atoms with Crippen molar-refractivity contribution in [3.8, 4) is 0 Å². The lowest BCUT2D eigenvalue weighted by Gasteiger charge is -2.24. The monoisotopic (exact) mass is 268 g/mol. The highest BCUT2D eigenvalue weighted by atomic mass is 32.2. The first-order valence-electron chi connectivity index (χ1n) is 4.55. The van der Waals surface area contributed by atoms with Crippen LogP contribution < -0.4 is 5.73 Å². The Morgan fingerprint density at radius 3 is 2.31 bits per heavy atom. The number of ether oxygens (including phenoxy) is 1. The maximum absolute atomic E-state index is 11.8. The van der Waals surface area contributed by atoms with Crippen LogP contribution in [-0.4, -0.2) is 49.1 Å². The van der Waals surface area contributed by atoms with Gasteiger partial charge in [0, 0.05) is 6.04 Å². The van der Waals surface area contributed by atoms with E-state index < -0.39 is 21.7 Å². The molecule has 0 aliphatic rings. The molecular formula is C8H16N2O4S2. The second kappa shape index (κ2) is 6.12. The van der Waals surface area contributed by atoms with E-state index >= 15 is 0 Å². The van der Waals surface area contributed by atoms with Gasteiger partial charge in [-0.05, 0) is 13.8 Å². The van der Waals surface area contributed by atoms with Crippen LogP contribution in [0.3, 0.4) is 0 Å². The molecule has 0 atom stereocenters. The second-order valence-corrected chi connectivity index (χ2v) is 5.88. The molecule has 2 N–H and O–H groups in total. The predicted octanol–water partition coefficient (Wildman–Crippen LogP) is -0.514. The molecule has 0 aliphatic carbocycles. The molecule has 0 heterocycles. The normalized spacial score (nSPS) is 11.8. The number of hydrogen-bond acceptors (Lipinski definition) is 5. The van der Waals surface area contributed by atoms with Gasteiger partial charge in [-0.3, -0.25) is 4.79 Å². The van der Waals surface area contributed by atoms with E-state index in [1.807, 2.05) is 0 Å². The fraction of sp³-hybridized carbons (Fsp3) is 0.750. The molecule has 0 saturated heterocycles. The summed E-state index contributed by atoms with van der Waals surface area (Å²) in [4.78, 5) is 10.9. The number of carbonyl (C=O) groups excluding carboxylic acids is 1. The molecular weight excluding hydrogens is 252 g/mol. The standard InChI is InChI=1S/C8H16N2O4S2/c1-6(2)10(4-8(11)14-3)16(12,13)5-7(9)15/h6H,4-5H2,1-3H3,(H2,9,15). The number of sulfonamides is 1. The molecule has 16 heavy (non-hydrogen) atoms. The van der Waals surface area contributed by atoms with Crippen molar-refractivity contribution in [2.45, 2.75) is 19.9 Å². The zero-order valence-corrected chi connectivity index (χ0v) is 11.1. The van der Waals surface area contributed by atoms with Crippen molar-refractivity contribution in [3.63, 3.8) is 0 Å². The molecule has 0 aromatic rings. The molecule has 0 radical (unpaired) electrons. The van der Waals surface area contributed by atoms with Crippen molar-refractivity contribution in [1.29, 1.82) is 0 Å². The fourth-order valence-electron chi connectivity index (χ4n) is 1.06. The van der Waals surface area contributed by atoms with Crippen LogP contribution in [0.25, 0.3) is 0 Å². The Balaban J connectivity index is 4.91. The summed E-state index contributed by atoms with van der Waals surface area (Å²) < 4.78 is 29.0. The van der Waals surface area contributed by atoms with Crippen LogP contribution in [0.5, 0.6) is 0 Å². The minimum atomic E-state index is -3.66. The highest BCUT2D eigenvalue weighted by Crippen LogP contribution is 2.07. The van der Waals surface area contributed by atoms with Gasteiger partial charge in [0.15, 0.2) is 0 Å². The third-order valence-electron chi connectivity index (χ3n) is 1.77. The lowest BCUT2D eigenvalue weighted by Crippen LogP contribution is -2.44. The lowest BCUT2D eigenvalue weighted by atomic mass is 10.4. The molecule has 94 valence electrons. The SMILES string of the molecule is COC(=O)CN(C(C)C)S(=O)(=O)CC(N)=S. The van der Waals surface area contributed by atoms with Gasteiger partial charge in [-0.2, -0.15) is 4.31 Å². The summed E-state index contributed by atoms with van der Waals surface area (Å²) in [5.41, 5.74) is 5.19. The van der Waals surface area contributed by atoms with Gasteiger partial charge in [-0.15, -0.1) is 0 Å². The third kappa shape index (κ3) is 4.86. The molecule has 6 nitrogen and oxygen atoms in total. The van der Waals surface area contributed by atoms with Gasteiger partial charge in [0.25, 0.3) is 0 Å². The smallest absolute Gasteiger partial charge is 0.321 e. The number of thiocarbonyl (C=S) groups is 1. The number of carbonyl (C=O) groups is 1. The largest absolute Gasteiger partial charge is 0.468 e. The number of nitrogens with zero attached hydrogens (tertiary/aromatic N) is 1. The molecule has 0 spiro atoms. The zero-order valence-electron chi connectivity index (χ0n) is 9.47. The van der Waals surface area contributed by atoms with Crippen LogP contribution in [0, 0.1) is 0 Å². The number of methoxy groups -OCH3 is 1. The van der Waals surface area contributed by atoms with Gasteiger partial charge in [-0.1, -0.05) is 12.2 Å².